The van der Waals surface area contributed by atoms with Crippen molar-refractivity contribution in [2.24, 2.45) is 0 Å². The van der Waals surface area contributed by atoms with Gasteiger partial charge in [-0.3, -0.25) is 4.79 Å². The van der Waals surface area contributed by atoms with Gasteiger partial charge in [0, 0.05) is 5.56 Å². The highest BCUT2D eigenvalue weighted by Gasteiger charge is 2.14. The van der Waals surface area contributed by atoms with Gasteiger partial charge in [-0.1, -0.05) is 36.4 Å². The quantitative estimate of drug-likeness (QED) is 0.213. The van der Waals surface area contributed by atoms with Crippen molar-refractivity contribution < 1.29 is 33.6 Å². The van der Waals surface area contributed by atoms with Crippen molar-refractivity contribution in [3.63, 3.8) is 0 Å². The first-order chi connectivity index (χ1) is 17.5. The number of ketones is 1. The van der Waals surface area contributed by atoms with Crippen molar-refractivity contribution >= 4 is 17.9 Å². The molecule has 3 aromatic rings. The fraction of sp³-hybridized carbons (Fsp3) is 0.207. The largest absolute Gasteiger partial charge is 0.504 e. The molecule has 188 valence electrons. The predicted molar refractivity (Wildman–Crippen MR) is 140 cm³/mol. The van der Waals surface area contributed by atoms with E-state index in [0.717, 1.165) is 11.1 Å². The monoisotopic (exact) mass is 490 g/mol. The molecule has 0 bridgehead atoms. The standard InChI is InChI=1S/C29H30O7/c1-32-24-12-7-6-9-22(24)23(30)11-8-10-21-20(15-16-25(33-2)28(21)31)14-13-19-17-26(34-3)29(36-5)27(18-19)35-4/h6-9,11-18,31H,10H2,1-5H3/b11-8-,14-13-. The minimum atomic E-state index is -0.190. The Labute approximate surface area is 211 Å². The van der Waals surface area contributed by atoms with Crippen LogP contribution in [0.1, 0.15) is 27.0 Å². The van der Waals surface area contributed by atoms with E-state index in [2.05, 4.69) is 0 Å². The van der Waals surface area contributed by atoms with Crippen molar-refractivity contribution in [2.45, 2.75) is 6.42 Å². The third kappa shape index (κ3) is 5.81. The van der Waals surface area contributed by atoms with Gasteiger partial charge < -0.3 is 28.8 Å². The third-order valence-electron chi connectivity index (χ3n) is 5.61. The van der Waals surface area contributed by atoms with Gasteiger partial charge in [0.05, 0.1) is 41.1 Å². The van der Waals surface area contributed by atoms with Gasteiger partial charge in [-0.25, -0.2) is 0 Å². The molecule has 3 rings (SSSR count). The SMILES string of the molecule is COc1ccccc1C(=O)/C=C\Cc1c(/C=C\c2cc(OC)c(OC)c(OC)c2)ccc(OC)c1O. The molecule has 1 N–H and O–H groups in total. The molecule has 0 aliphatic carbocycles. The Balaban J connectivity index is 1.92. The van der Waals surface area contributed by atoms with Gasteiger partial charge in [0.15, 0.2) is 28.8 Å². The lowest BCUT2D eigenvalue weighted by molar-refractivity contribution is 0.104. The lowest BCUT2D eigenvalue weighted by atomic mass is 10.00. The molecule has 0 saturated heterocycles. The predicted octanol–water partition coefficient (Wildman–Crippen LogP) is 5.59. The second-order valence-corrected chi connectivity index (χ2v) is 7.65. The maximum Gasteiger partial charge on any atom is 0.203 e. The van der Waals surface area contributed by atoms with Crippen LogP contribution in [-0.2, 0) is 6.42 Å². The number of aromatic hydroxyl groups is 1. The summed E-state index contributed by atoms with van der Waals surface area (Å²) in [5.74, 6) is 2.25. The maximum atomic E-state index is 12.7. The lowest BCUT2D eigenvalue weighted by Crippen LogP contribution is -1.99. The molecule has 7 heteroatoms. The van der Waals surface area contributed by atoms with Crippen LogP contribution < -0.4 is 23.7 Å². The van der Waals surface area contributed by atoms with Gasteiger partial charge >= 0.3 is 0 Å². The van der Waals surface area contributed by atoms with Crippen LogP contribution in [-0.4, -0.2) is 46.4 Å². The number of hydrogen-bond donors (Lipinski definition) is 1. The van der Waals surface area contributed by atoms with Crippen molar-refractivity contribution in [1.82, 2.24) is 0 Å². The topological polar surface area (TPSA) is 83.5 Å². The molecule has 7 nitrogen and oxygen atoms in total. The fourth-order valence-electron chi connectivity index (χ4n) is 3.77. The first-order valence-electron chi connectivity index (χ1n) is 11.2. The highest BCUT2D eigenvalue weighted by atomic mass is 16.5. The summed E-state index contributed by atoms with van der Waals surface area (Å²) in [6.45, 7) is 0. The number of ether oxygens (including phenoxy) is 5. The molecular weight excluding hydrogens is 460 g/mol. The van der Waals surface area contributed by atoms with E-state index in [0.29, 0.717) is 46.3 Å². The van der Waals surface area contributed by atoms with E-state index in [-0.39, 0.29) is 11.5 Å². The minimum Gasteiger partial charge on any atom is -0.504 e. The zero-order chi connectivity index (χ0) is 26.1. The van der Waals surface area contributed by atoms with E-state index < -0.39 is 0 Å². The van der Waals surface area contributed by atoms with Crippen LogP contribution in [0.4, 0.5) is 0 Å². The molecule has 0 spiro atoms. The van der Waals surface area contributed by atoms with Gasteiger partial charge in [0.1, 0.15) is 5.75 Å². The molecule has 0 aliphatic heterocycles. The Kier molecular flexibility index (Phi) is 9.00. The van der Waals surface area contributed by atoms with Gasteiger partial charge in [-0.2, -0.15) is 0 Å². The van der Waals surface area contributed by atoms with E-state index in [1.807, 2.05) is 30.4 Å². The number of allylic oxidation sites excluding steroid dienone is 2. The number of carbonyl (C=O) groups is 1. The van der Waals surface area contributed by atoms with E-state index >= 15 is 0 Å². The van der Waals surface area contributed by atoms with Gasteiger partial charge in [-0.05, 0) is 54.0 Å². The summed E-state index contributed by atoms with van der Waals surface area (Å²) in [7, 11) is 7.68. The van der Waals surface area contributed by atoms with E-state index in [4.69, 9.17) is 23.7 Å². The Morgan fingerprint density at radius 1 is 0.778 bits per heavy atom. The minimum absolute atomic E-state index is 0.0129. The van der Waals surface area contributed by atoms with Crippen LogP contribution in [0.2, 0.25) is 0 Å². The number of phenols is 1. The maximum absolute atomic E-state index is 12.7. The fourth-order valence-corrected chi connectivity index (χ4v) is 3.77. The van der Waals surface area contributed by atoms with Gasteiger partial charge in [-0.15, -0.1) is 0 Å². The molecule has 36 heavy (non-hydrogen) atoms. The highest BCUT2D eigenvalue weighted by molar-refractivity contribution is 6.06. The molecule has 0 fully saturated rings. The summed E-state index contributed by atoms with van der Waals surface area (Å²) in [6.07, 6.45) is 7.23. The van der Waals surface area contributed by atoms with E-state index in [1.54, 1.807) is 57.7 Å². The molecule has 0 aromatic heterocycles. The number of rotatable bonds is 11. The molecule has 0 saturated carbocycles. The van der Waals surface area contributed by atoms with Crippen molar-refractivity contribution in [1.29, 1.82) is 0 Å². The molecule has 3 aromatic carbocycles. The summed E-state index contributed by atoms with van der Waals surface area (Å²) in [6, 6.07) is 14.2. The molecule has 0 amide bonds. The molecular formula is C29H30O7. The van der Waals surface area contributed by atoms with Crippen molar-refractivity contribution in [3.8, 4) is 34.5 Å². The van der Waals surface area contributed by atoms with E-state index in [1.165, 1.54) is 20.3 Å². The average molecular weight is 491 g/mol. The summed E-state index contributed by atoms with van der Waals surface area (Å²) < 4.78 is 26.8. The third-order valence-corrected chi connectivity index (χ3v) is 5.61. The average Bonchev–Trinajstić information content (AvgIpc) is 2.92. The second kappa shape index (κ2) is 12.4. The Bertz CT molecular complexity index is 1250. The van der Waals surface area contributed by atoms with Crippen LogP contribution in [0.15, 0.2) is 60.7 Å². The molecule has 0 unspecified atom stereocenters. The summed E-state index contributed by atoms with van der Waals surface area (Å²) in [4.78, 5) is 12.7. The number of hydrogen-bond acceptors (Lipinski definition) is 7. The smallest absolute Gasteiger partial charge is 0.203 e. The first kappa shape index (κ1) is 26.2. The number of phenolic OH excluding ortho intramolecular Hbond substituents is 1. The number of carbonyl (C=O) groups excluding carboxylic acids is 1. The normalized spacial score (nSPS) is 11.0. The molecule has 0 heterocycles. The first-order valence-corrected chi connectivity index (χ1v) is 11.2. The van der Waals surface area contributed by atoms with Gasteiger partial charge in [0.25, 0.3) is 0 Å². The Morgan fingerprint density at radius 3 is 2.03 bits per heavy atom. The van der Waals surface area contributed by atoms with Crippen LogP contribution in [0, 0.1) is 0 Å². The molecule has 0 radical (unpaired) electrons. The van der Waals surface area contributed by atoms with Gasteiger partial charge in [0.2, 0.25) is 5.75 Å². The Hall–Kier alpha value is -4.39. The molecule has 0 atom stereocenters. The zero-order valence-corrected chi connectivity index (χ0v) is 21.0. The highest BCUT2D eigenvalue weighted by Crippen LogP contribution is 2.39. The number of para-hydroxylation sites is 1. The van der Waals surface area contributed by atoms with Crippen LogP contribution in [0.25, 0.3) is 12.2 Å². The summed E-state index contributed by atoms with van der Waals surface area (Å²) in [5, 5.41) is 10.8. The van der Waals surface area contributed by atoms with Crippen molar-refractivity contribution in [2.75, 3.05) is 35.5 Å². The van der Waals surface area contributed by atoms with E-state index in [9.17, 15) is 9.90 Å². The van der Waals surface area contributed by atoms with Crippen LogP contribution in [0.3, 0.4) is 0 Å². The van der Waals surface area contributed by atoms with Crippen molar-refractivity contribution in [3.05, 3.63) is 82.9 Å². The number of methoxy groups -OCH3 is 5. The van der Waals surface area contributed by atoms with Crippen LogP contribution >= 0.6 is 0 Å². The second-order valence-electron chi connectivity index (χ2n) is 7.65. The molecule has 0 aliphatic rings. The Morgan fingerprint density at radius 2 is 1.42 bits per heavy atom. The summed E-state index contributed by atoms with van der Waals surface area (Å²) in [5.41, 5.74) is 2.65. The number of benzene rings is 3. The summed E-state index contributed by atoms with van der Waals surface area (Å²) >= 11 is 0. The zero-order valence-electron chi connectivity index (χ0n) is 21.0. The lowest BCUT2D eigenvalue weighted by Gasteiger charge is -2.13. The van der Waals surface area contributed by atoms with Crippen LogP contribution in [0.5, 0.6) is 34.5 Å².